The van der Waals surface area contributed by atoms with Gasteiger partial charge < -0.3 is 29.7 Å². The Morgan fingerprint density at radius 3 is 2.45 bits per heavy atom. The van der Waals surface area contributed by atoms with E-state index in [1.807, 2.05) is 6.07 Å². The van der Waals surface area contributed by atoms with Crippen molar-refractivity contribution in [3.05, 3.63) is 64.3 Å². The third kappa shape index (κ3) is 6.20. The number of hydrogen-bond donors (Lipinski definition) is 2. The summed E-state index contributed by atoms with van der Waals surface area (Å²) >= 11 is 0. The molecule has 12 nitrogen and oxygen atoms in total. The number of carbonyl (C=O) groups is 1. The van der Waals surface area contributed by atoms with E-state index in [-0.39, 0.29) is 17.5 Å². The van der Waals surface area contributed by atoms with E-state index in [1.54, 1.807) is 51.8 Å². The van der Waals surface area contributed by atoms with Gasteiger partial charge in [-0.15, -0.1) is 0 Å². The molecular formula is C26H30N6O6. The predicted molar refractivity (Wildman–Crippen MR) is 141 cm³/mol. The third-order valence-electron chi connectivity index (χ3n) is 6.29. The number of anilines is 3. The molecule has 12 heteroatoms. The Balaban J connectivity index is 1.40. The van der Waals surface area contributed by atoms with Gasteiger partial charge in [0.15, 0.2) is 11.5 Å². The first-order chi connectivity index (χ1) is 18.4. The number of amides is 1. The van der Waals surface area contributed by atoms with Gasteiger partial charge in [-0.3, -0.25) is 14.9 Å². The number of benzene rings is 2. The van der Waals surface area contributed by atoms with Crippen molar-refractivity contribution >= 4 is 29.0 Å². The highest BCUT2D eigenvalue weighted by atomic mass is 16.6. The maximum atomic E-state index is 12.9. The Morgan fingerprint density at radius 1 is 1.11 bits per heavy atom. The average Bonchev–Trinajstić information content (AvgIpc) is 2.95. The van der Waals surface area contributed by atoms with Gasteiger partial charge in [-0.05, 0) is 24.5 Å². The molecule has 2 heterocycles. The Morgan fingerprint density at radius 2 is 1.82 bits per heavy atom. The SMILES string of the molecule is COc1cc(Nc2nccc(N3CCCC(C(=O)NCc4ccc([N+](=O)[O-])cc4)C3)n2)cc(OC)c1OC. The number of rotatable bonds is 10. The quantitative estimate of drug-likeness (QED) is 0.299. The first kappa shape index (κ1) is 26.5. The zero-order valence-electron chi connectivity index (χ0n) is 21.5. The molecule has 0 bridgehead atoms. The van der Waals surface area contributed by atoms with Crippen LogP contribution in [0.1, 0.15) is 18.4 Å². The Labute approximate surface area is 220 Å². The molecule has 2 aromatic carbocycles. The molecule has 0 spiro atoms. The Hall–Kier alpha value is -4.61. The minimum absolute atomic E-state index is 0.0203. The molecule has 38 heavy (non-hydrogen) atoms. The molecular weight excluding hydrogens is 492 g/mol. The summed E-state index contributed by atoms with van der Waals surface area (Å²) in [6.07, 6.45) is 3.28. The lowest BCUT2D eigenvalue weighted by Gasteiger charge is -2.33. The van der Waals surface area contributed by atoms with Crippen molar-refractivity contribution in [2.75, 3.05) is 44.6 Å². The summed E-state index contributed by atoms with van der Waals surface area (Å²) in [6.45, 7) is 1.60. The number of hydrogen-bond acceptors (Lipinski definition) is 10. The number of nitrogens with zero attached hydrogens (tertiary/aromatic N) is 4. The standard InChI is InChI=1S/C26H30N6O6/c1-36-21-13-19(14-22(37-2)24(21)38-3)29-26-27-11-10-23(30-26)31-12-4-5-18(16-31)25(33)28-15-17-6-8-20(9-7-17)32(34)35/h6-11,13-14,18H,4-5,12,15-16H2,1-3H3,(H,28,33)(H,27,29,30). The lowest BCUT2D eigenvalue weighted by molar-refractivity contribution is -0.384. The van der Waals surface area contributed by atoms with Gasteiger partial charge in [-0.1, -0.05) is 12.1 Å². The van der Waals surface area contributed by atoms with E-state index in [0.717, 1.165) is 24.9 Å². The molecule has 2 N–H and O–H groups in total. The fourth-order valence-electron chi connectivity index (χ4n) is 4.34. The molecule has 0 saturated carbocycles. The van der Waals surface area contributed by atoms with Crippen LogP contribution in [-0.2, 0) is 11.3 Å². The van der Waals surface area contributed by atoms with Crippen LogP contribution in [0.4, 0.5) is 23.1 Å². The number of methoxy groups -OCH3 is 3. The highest BCUT2D eigenvalue weighted by Crippen LogP contribution is 2.40. The van der Waals surface area contributed by atoms with Crippen molar-refractivity contribution in [2.45, 2.75) is 19.4 Å². The zero-order chi connectivity index (χ0) is 27.1. The van der Waals surface area contributed by atoms with Crippen LogP contribution >= 0.6 is 0 Å². The molecule has 1 unspecified atom stereocenters. The fourth-order valence-corrected chi connectivity index (χ4v) is 4.34. The normalized spacial score (nSPS) is 14.9. The van der Waals surface area contributed by atoms with E-state index in [0.29, 0.717) is 47.8 Å². The third-order valence-corrected chi connectivity index (χ3v) is 6.29. The number of nitro groups is 1. The van der Waals surface area contributed by atoms with Crippen molar-refractivity contribution in [3.8, 4) is 17.2 Å². The Bertz CT molecular complexity index is 1260. The minimum Gasteiger partial charge on any atom is -0.493 e. The van der Waals surface area contributed by atoms with Gasteiger partial charge in [0.05, 0.1) is 32.2 Å². The van der Waals surface area contributed by atoms with Crippen LogP contribution in [0, 0.1) is 16.0 Å². The zero-order valence-corrected chi connectivity index (χ0v) is 21.5. The molecule has 4 rings (SSSR count). The van der Waals surface area contributed by atoms with Crippen LogP contribution in [0.5, 0.6) is 17.2 Å². The van der Waals surface area contributed by atoms with Crippen molar-refractivity contribution in [2.24, 2.45) is 5.92 Å². The van der Waals surface area contributed by atoms with Crippen molar-refractivity contribution in [3.63, 3.8) is 0 Å². The number of piperidine rings is 1. The Kier molecular flexibility index (Phi) is 8.41. The van der Waals surface area contributed by atoms with Crippen LogP contribution in [0.3, 0.4) is 0 Å². The first-order valence-electron chi connectivity index (χ1n) is 12.1. The molecule has 200 valence electrons. The van der Waals surface area contributed by atoms with Gasteiger partial charge in [-0.2, -0.15) is 4.98 Å². The summed E-state index contributed by atoms with van der Waals surface area (Å²) in [5, 5.41) is 17.0. The lowest BCUT2D eigenvalue weighted by Crippen LogP contribution is -2.43. The number of carbonyl (C=O) groups excluding carboxylic acids is 1. The van der Waals surface area contributed by atoms with Gasteiger partial charge in [-0.25, -0.2) is 4.98 Å². The number of nitro benzene ring substituents is 1. The van der Waals surface area contributed by atoms with Gasteiger partial charge in [0.25, 0.3) is 5.69 Å². The second kappa shape index (κ2) is 12.1. The monoisotopic (exact) mass is 522 g/mol. The first-order valence-corrected chi connectivity index (χ1v) is 12.1. The highest BCUT2D eigenvalue weighted by Gasteiger charge is 2.27. The summed E-state index contributed by atoms with van der Waals surface area (Å²) in [5.74, 6) is 2.33. The van der Waals surface area contributed by atoms with Crippen LogP contribution in [-0.4, -0.2) is 55.2 Å². The van der Waals surface area contributed by atoms with Crippen LogP contribution in [0.15, 0.2) is 48.7 Å². The summed E-state index contributed by atoms with van der Waals surface area (Å²) in [5.41, 5.74) is 1.49. The fraction of sp³-hybridized carbons (Fsp3) is 0.346. The van der Waals surface area contributed by atoms with Crippen LogP contribution < -0.4 is 29.7 Å². The van der Waals surface area contributed by atoms with Gasteiger partial charge in [0.2, 0.25) is 17.6 Å². The molecule has 1 atom stereocenters. The summed E-state index contributed by atoms with van der Waals surface area (Å²) in [7, 11) is 4.64. The number of non-ortho nitro benzene ring substituents is 1. The highest BCUT2D eigenvalue weighted by molar-refractivity contribution is 5.79. The van der Waals surface area contributed by atoms with E-state index in [1.165, 1.54) is 12.1 Å². The molecule has 0 radical (unpaired) electrons. The van der Waals surface area contributed by atoms with Crippen molar-refractivity contribution in [1.29, 1.82) is 0 Å². The van der Waals surface area contributed by atoms with Crippen LogP contribution in [0.2, 0.25) is 0 Å². The number of aromatic nitrogens is 2. The van der Waals surface area contributed by atoms with Crippen molar-refractivity contribution < 1.29 is 23.9 Å². The second-order valence-corrected chi connectivity index (χ2v) is 8.70. The van der Waals surface area contributed by atoms with E-state index >= 15 is 0 Å². The maximum absolute atomic E-state index is 12.9. The van der Waals surface area contributed by atoms with E-state index in [9.17, 15) is 14.9 Å². The molecule has 1 amide bonds. The van der Waals surface area contributed by atoms with E-state index in [4.69, 9.17) is 14.2 Å². The molecule has 1 fully saturated rings. The molecule has 1 aliphatic heterocycles. The van der Waals surface area contributed by atoms with Gasteiger partial charge in [0, 0.05) is 55.8 Å². The number of ether oxygens (including phenoxy) is 3. The van der Waals surface area contributed by atoms with E-state index < -0.39 is 4.92 Å². The topological polar surface area (TPSA) is 141 Å². The molecule has 1 aromatic heterocycles. The average molecular weight is 523 g/mol. The predicted octanol–water partition coefficient (Wildman–Crippen LogP) is 3.69. The van der Waals surface area contributed by atoms with E-state index in [2.05, 4.69) is 25.5 Å². The van der Waals surface area contributed by atoms with Gasteiger partial charge in [0.1, 0.15) is 5.82 Å². The molecule has 1 aliphatic rings. The molecule has 0 aliphatic carbocycles. The minimum atomic E-state index is -0.447. The molecule has 3 aromatic rings. The van der Waals surface area contributed by atoms with Gasteiger partial charge >= 0.3 is 0 Å². The summed E-state index contributed by atoms with van der Waals surface area (Å²) in [6, 6.07) is 11.5. The summed E-state index contributed by atoms with van der Waals surface area (Å²) < 4.78 is 16.2. The second-order valence-electron chi connectivity index (χ2n) is 8.70. The number of nitrogens with one attached hydrogen (secondary N) is 2. The molecule has 1 saturated heterocycles. The summed E-state index contributed by atoms with van der Waals surface area (Å²) in [4.78, 5) is 34.3. The lowest BCUT2D eigenvalue weighted by atomic mass is 9.97. The smallest absolute Gasteiger partial charge is 0.269 e. The van der Waals surface area contributed by atoms with Crippen molar-refractivity contribution in [1.82, 2.24) is 15.3 Å². The largest absolute Gasteiger partial charge is 0.493 e. The maximum Gasteiger partial charge on any atom is 0.269 e. The van der Waals surface area contributed by atoms with Crippen LogP contribution in [0.25, 0.3) is 0 Å².